The van der Waals surface area contributed by atoms with Crippen LogP contribution in [0.5, 0.6) is 11.5 Å². The van der Waals surface area contributed by atoms with Gasteiger partial charge in [-0.1, -0.05) is 19.1 Å². The molecule has 194 valence electrons. The second kappa shape index (κ2) is 11.6. The Kier molecular flexibility index (Phi) is 8.23. The average molecular weight is 521 g/mol. The smallest absolute Gasteiger partial charge is 0.267 e. The van der Waals surface area contributed by atoms with E-state index < -0.39 is 0 Å². The number of carbonyl (C=O) groups is 2. The molecule has 37 heavy (non-hydrogen) atoms. The third kappa shape index (κ3) is 5.99. The highest BCUT2D eigenvalue weighted by Gasteiger charge is 2.30. The van der Waals surface area contributed by atoms with Crippen molar-refractivity contribution in [2.24, 2.45) is 11.0 Å². The van der Waals surface area contributed by atoms with Crippen LogP contribution in [0, 0.1) is 19.8 Å². The van der Waals surface area contributed by atoms with Gasteiger partial charge in [-0.2, -0.15) is 5.10 Å². The fourth-order valence-electron chi connectivity index (χ4n) is 4.34. The van der Waals surface area contributed by atoms with E-state index in [4.69, 9.17) is 14.6 Å². The highest BCUT2D eigenvalue weighted by Crippen LogP contribution is 2.32. The SMILES string of the molecule is CCOc1cc(C2=NN(Cc3ccc(NC(=O)c4sc(C)nc4C)cc3)C(=O)CC2CC)ccc1OC. The number of nitrogens with zero attached hydrogens (tertiary/aromatic N) is 3. The van der Waals surface area contributed by atoms with Gasteiger partial charge in [-0.25, -0.2) is 9.99 Å². The lowest BCUT2D eigenvalue weighted by Crippen LogP contribution is -2.36. The van der Waals surface area contributed by atoms with Crippen LogP contribution in [0.1, 0.15) is 58.2 Å². The molecule has 1 unspecified atom stereocenters. The summed E-state index contributed by atoms with van der Waals surface area (Å²) in [7, 11) is 1.61. The highest BCUT2D eigenvalue weighted by atomic mass is 32.1. The van der Waals surface area contributed by atoms with Crippen LogP contribution >= 0.6 is 11.3 Å². The topological polar surface area (TPSA) is 93.1 Å². The standard InChI is InChI=1S/C28H32N4O4S/c1-6-20-15-25(33)32(31-26(20)21-10-13-23(35-5)24(14-21)36-7-2)16-19-8-11-22(12-9-19)30-28(34)27-17(3)29-18(4)37-27/h8-14,20H,6-7,15-16H2,1-5H3,(H,30,34). The summed E-state index contributed by atoms with van der Waals surface area (Å²) in [6.07, 6.45) is 1.20. The molecule has 0 aliphatic carbocycles. The van der Waals surface area contributed by atoms with Crippen LogP contribution in [-0.2, 0) is 11.3 Å². The molecule has 0 bridgehead atoms. The number of methoxy groups -OCH3 is 1. The van der Waals surface area contributed by atoms with Crippen molar-refractivity contribution < 1.29 is 19.1 Å². The van der Waals surface area contributed by atoms with Gasteiger partial charge >= 0.3 is 0 Å². The van der Waals surface area contributed by atoms with Gasteiger partial charge in [0, 0.05) is 23.6 Å². The first kappa shape index (κ1) is 26.3. The molecule has 0 saturated carbocycles. The first-order valence-corrected chi connectivity index (χ1v) is 13.2. The summed E-state index contributed by atoms with van der Waals surface area (Å²) in [5, 5.41) is 10.1. The molecule has 2 aromatic carbocycles. The summed E-state index contributed by atoms with van der Waals surface area (Å²) in [4.78, 5) is 30.5. The van der Waals surface area contributed by atoms with Crippen molar-refractivity contribution in [2.75, 3.05) is 19.0 Å². The predicted octanol–water partition coefficient (Wildman–Crippen LogP) is 5.58. The third-order valence-corrected chi connectivity index (χ3v) is 7.30. The van der Waals surface area contributed by atoms with E-state index in [9.17, 15) is 9.59 Å². The number of carbonyl (C=O) groups excluding carboxylic acids is 2. The molecule has 0 saturated heterocycles. The van der Waals surface area contributed by atoms with Gasteiger partial charge in [-0.3, -0.25) is 9.59 Å². The summed E-state index contributed by atoms with van der Waals surface area (Å²) < 4.78 is 11.2. The Labute approximate surface area is 221 Å². The van der Waals surface area contributed by atoms with Gasteiger partial charge in [-0.15, -0.1) is 11.3 Å². The van der Waals surface area contributed by atoms with E-state index in [0.717, 1.165) is 34.0 Å². The van der Waals surface area contributed by atoms with E-state index in [-0.39, 0.29) is 17.7 Å². The number of aromatic nitrogens is 1. The molecule has 0 radical (unpaired) electrons. The van der Waals surface area contributed by atoms with E-state index in [1.165, 1.54) is 16.3 Å². The molecule has 8 nitrogen and oxygen atoms in total. The first-order valence-electron chi connectivity index (χ1n) is 12.4. The van der Waals surface area contributed by atoms with Crippen molar-refractivity contribution in [3.63, 3.8) is 0 Å². The minimum absolute atomic E-state index is 0.0115. The molecule has 1 aliphatic heterocycles. The number of benzene rings is 2. The number of anilines is 1. The first-order chi connectivity index (χ1) is 17.8. The Bertz CT molecular complexity index is 1320. The summed E-state index contributed by atoms with van der Waals surface area (Å²) in [6.45, 7) is 8.57. The summed E-state index contributed by atoms with van der Waals surface area (Å²) in [5.74, 6) is 1.17. The van der Waals surface area contributed by atoms with Crippen LogP contribution in [0.4, 0.5) is 5.69 Å². The fraction of sp³-hybridized carbons (Fsp3) is 0.357. The number of ether oxygens (including phenoxy) is 2. The zero-order valence-corrected chi connectivity index (χ0v) is 22.6. The van der Waals surface area contributed by atoms with Crippen LogP contribution in [-0.4, -0.2) is 41.2 Å². The molecule has 3 aromatic rings. The summed E-state index contributed by atoms with van der Waals surface area (Å²) >= 11 is 1.38. The molecule has 1 aromatic heterocycles. The molecule has 4 rings (SSSR count). The van der Waals surface area contributed by atoms with E-state index >= 15 is 0 Å². The lowest BCUT2D eigenvalue weighted by Gasteiger charge is -2.29. The minimum Gasteiger partial charge on any atom is -0.493 e. The number of nitrogens with one attached hydrogen (secondary N) is 1. The quantitative estimate of drug-likeness (QED) is 0.397. The maximum atomic E-state index is 12.9. The highest BCUT2D eigenvalue weighted by molar-refractivity contribution is 7.13. The number of amides is 2. The Morgan fingerprint density at radius 2 is 1.89 bits per heavy atom. The van der Waals surface area contributed by atoms with Crippen molar-refractivity contribution in [1.82, 2.24) is 9.99 Å². The van der Waals surface area contributed by atoms with E-state index in [0.29, 0.717) is 41.6 Å². The molecular weight excluding hydrogens is 488 g/mol. The molecule has 1 N–H and O–H groups in total. The number of rotatable bonds is 9. The third-order valence-electron chi connectivity index (χ3n) is 6.23. The summed E-state index contributed by atoms with van der Waals surface area (Å²) in [6, 6.07) is 13.2. The predicted molar refractivity (Wildman–Crippen MR) is 146 cm³/mol. The fourth-order valence-corrected chi connectivity index (χ4v) is 5.15. The van der Waals surface area contributed by atoms with Crippen LogP contribution < -0.4 is 14.8 Å². The molecule has 0 spiro atoms. The van der Waals surface area contributed by atoms with Gasteiger partial charge in [0.25, 0.3) is 5.91 Å². The Morgan fingerprint density at radius 1 is 1.14 bits per heavy atom. The number of hydrazone groups is 1. The van der Waals surface area contributed by atoms with Gasteiger partial charge in [0.2, 0.25) is 5.91 Å². The molecule has 2 heterocycles. The van der Waals surface area contributed by atoms with Crippen LogP contribution in [0.3, 0.4) is 0 Å². The zero-order chi connectivity index (χ0) is 26.5. The molecule has 2 amide bonds. The van der Waals surface area contributed by atoms with Gasteiger partial charge in [0.15, 0.2) is 11.5 Å². The maximum absolute atomic E-state index is 12.9. The van der Waals surface area contributed by atoms with Gasteiger partial charge in [0.1, 0.15) is 4.88 Å². The zero-order valence-electron chi connectivity index (χ0n) is 21.8. The van der Waals surface area contributed by atoms with Gasteiger partial charge in [-0.05, 0) is 63.1 Å². The number of hydrogen-bond donors (Lipinski definition) is 1. The maximum Gasteiger partial charge on any atom is 0.267 e. The number of aryl methyl sites for hydroxylation is 2. The molecule has 1 aliphatic rings. The lowest BCUT2D eigenvalue weighted by atomic mass is 9.89. The average Bonchev–Trinajstić information content (AvgIpc) is 3.24. The minimum atomic E-state index is -0.173. The largest absolute Gasteiger partial charge is 0.493 e. The monoisotopic (exact) mass is 520 g/mol. The Hall–Kier alpha value is -3.72. The van der Waals surface area contributed by atoms with Crippen LogP contribution in [0.2, 0.25) is 0 Å². The van der Waals surface area contributed by atoms with Crippen LogP contribution in [0.25, 0.3) is 0 Å². The second-order valence-electron chi connectivity index (χ2n) is 8.84. The molecule has 1 atom stereocenters. The molecule has 0 fully saturated rings. The van der Waals surface area contributed by atoms with E-state index in [2.05, 4.69) is 17.2 Å². The van der Waals surface area contributed by atoms with Crippen LogP contribution in [0.15, 0.2) is 47.6 Å². The van der Waals surface area contributed by atoms with Crippen molar-refractivity contribution in [2.45, 2.75) is 47.1 Å². The van der Waals surface area contributed by atoms with Crippen molar-refractivity contribution in [3.8, 4) is 11.5 Å². The number of hydrogen-bond acceptors (Lipinski definition) is 7. The number of thiazole rings is 1. The van der Waals surface area contributed by atoms with E-state index in [1.54, 1.807) is 7.11 Å². The second-order valence-corrected chi connectivity index (χ2v) is 10.0. The summed E-state index contributed by atoms with van der Waals surface area (Å²) in [5.41, 5.74) is 4.11. The molecular formula is C28H32N4O4S. The van der Waals surface area contributed by atoms with Gasteiger partial charge < -0.3 is 14.8 Å². The Balaban J connectivity index is 1.52. The Morgan fingerprint density at radius 3 is 2.51 bits per heavy atom. The van der Waals surface area contributed by atoms with Crippen molar-refractivity contribution in [1.29, 1.82) is 0 Å². The normalized spacial score (nSPS) is 15.4. The molecule has 9 heteroatoms. The van der Waals surface area contributed by atoms with Gasteiger partial charge in [0.05, 0.1) is 36.7 Å². The van der Waals surface area contributed by atoms with Crippen molar-refractivity contribution >= 4 is 34.6 Å². The lowest BCUT2D eigenvalue weighted by molar-refractivity contribution is -0.133. The van der Waals surface area contributed by atoms with Crippen molar-refractivity contribution in [3.05, 3.63) is 69.2 Å². The van der Waals surface area contributed by atoms with E-state index in [1.807, 2.05) is 63.2 Å².